The van der Waals surface area contributed by atoms with Gasteiger partial charge in [0.05, 0.1) is 68.5 Å². The van der Waals surface area contributed by atoms with E-state index in [2.05, 4.69) is 39.2 Å². The minimum absolute atomic E-state index is 0.0274. The molecule has 2 aromatic heterocycles. The predicted molar refractivity (Wildman–Crippen MR) is 282 cm³/mol. The van der Waals surface area contributed by atoms with Gasteiger partial charge in [-0.05, 0) is 107 Å². The number of pyridine rings is 2. The van der Waals surface area contributed by atoms with Gasteiger partial charge < -0.3 is 58.6 Å². The molecule has 0 aliphatic carbocycles. The van der Waals surface area contributed by atoms with E-state index in [1.807, 2.05) is 37.8 Å². The first-order valence-corrected chi connectivity index (χ1v) is 26.7. The molecule has 19 nitrogen and oxygen atoms in total. The number of cyclic esters (lactones) is 1. The molecule has 72 heavy (non-hydrogen) atoms. The normalized spacial score (nSPS) is 16.9. The number of fused-ring (bicyclic) bond motifs is 5. The van der Waals surface area contributed by atoms with Crippen LogP contribution in [0.4, 0.5) is 4.79 Å². The number of benzene rings is 1. The monoisotopic (exact) mass is 1120 g/mol. The average Bonchev–Trinajstić information content (AvgIpc) is 3.78. The van der Waals surface area contributed by atoms with Crippen LogP contribution in [0.5, 0.6) is 5.75 Å². The van der Waals surface area contributed by atoms with Crippen LogP contribution in [0.3, 0.4) is 0 Å². The molecule has 0 bridgehead atoms. The molecule has 2 saturated heterocycles. The van der Waals surface area contributed by atoms with Gasteiger partial charge in [0.25, 0.3) is 5.56 Å². The maximum absolute atomic E-state index is 13.9. The van der Waals surface area contributed by atoms with Gasteiger partial charge in [0, 0.05) is 56.0 Å². The lowest BCUT2D eigenvalue weighted by atomic mass is 9.85. The van der Waals surface area contributed by atoms with E-state index in [0.29, 0.717) is 86.8 Å². The fourth-order valence-electron chi connectivity index (χ4n) is 8.85. The molecule has 1 aromatic carbocycles. The first kappa shape index (κ1) is 59.5. The molecule has 2 amide bonds. The smallest absolute Gasteiger partial charge is 0.415 e. The Balaban J connectivity index is 0.000000449. The Morgan fingerprint density at radius 2 is 1.60 bits per heavy atom. The molecular formula is C52H75IN6O13. The van der Waals surface area contributed by atoms with Gasteiger partial charge in [-0.1, -0.05) is 42.9 Å². The molecule has 0 saturated carbocycles. The van der Waals surface area contributed by atoms with Crippen molar-refractivity contribution >= 4 is 63.2 Å². The number of carbonyl (C=O) groups excluding carboxylic acids is 5. The summed E-state index contributed by atoms with van der Waals surface area (Å²) < 4.78 is 43.9. The van der Waals surface area contributed by atoms with Gasteiger partial charge in [-0.3, -0.25) is 19.2 Å². The molecule has 1 atom stereocenters. The second-order valence-corrected chi connectivity index (χ2v) is 16.8. The maximum Gasteiger partial charge on any atom is 0.415 e. The summed E-state index contributed by atoms with van der Waals surface area (Å²) in [5, 5.41) is 3.27. The van der Waals surface area contributed by atoms with Crippen LogP contribution in [-0.4, -0.2) is 153 Å². The van der Waals surface area contributed by atoms with Crippen molar-refractivity contribution in [1.29, 1.82) is 0 Å². The highest BCUT2D eigenvalue weighted by Gasteiger charge is 2.50. The Kier molecular flexibility index (Phi) is 26.6. The number of hydrogen-bond donors (Lipinski definition) is 2. The second kappa shape index (κ2) is 32.2. The number of nitrogens with two attached hydrogens (primary N) is 1. The van der Waals surface area contributed by atoms with Crippen LogP contribution in [0, 0.1) is 12.8 Å². The number of methoxy groups -OCH3 is 1. The van der Waals surface area contributed by atoms with Crippen molar-refractivity contribution in [1.82, 2.24) is 24.7 Å². The molecular weight excluding hydrogens is 1040 g/mol. The van der Waals surface area contributed by atoms with Crippen LogP contribution in [0.2, 0.25) is 0 Å². The number of likely N-dealkylation sites (tertiary alicyclic amines) is 2. The van der Waals surface area contributed by atoms with Gasteiger partial charge in [-0.25, -0.2) is 14.6 Å². The van der Waals surface area contributed by atoms with E-state index in [1.54, 1.807) is 35.6 Å². The minimum Gasteiger partial charge on any atom is -0.457 e. The van der Waals surface area contributed by atoms with Gasteiger partial charge in [0.2, 0.25) is 11.5 Å². The zero-order valence-electron chi connectivity index (χ0n) is 44.1. The zero-order valence-corrected chi connectivity index (χ0v) is 45.2. The second-order valence-electron chi connectivity index (χ2n) is 16.8. The highest BCUT2D eigenvalue weighted by molar-refractivity contribution is 14.1. The Labute approximate surface area is 439 Å². The highest BCUT2D eigenvalue weighted by Crippen LogP contribution is 2.42. The Morgan fingerprint density at radius 1 is 0.944 bits per heavy atom. The number of nitrogens with one attached hydrogen (secondary N) is 1. The van der Waals surface area contributed by atoms with Gasteiger partial charge >= 0.3 is 18.0 Å². The molecule has 3 aromatic rings. The third-order valence-electron chi connectivity index (χ3n) is 12.4. The summed E-state index contributed by atoms with van der Waals surface area (Å²) >= 11 is 2.15. The SMILES string of the molecule is CCOCCOC.CCOCCOCC(=O)NCC(C)=O.CCc1c2c(nc3ccc(OC(=O)N4CCC(N5CCCCC5)CC4)cc13)-c1cc3c(c(=O)n1C2)COC(=O)C3(CC)OC(=O)CN.CI.[2H]C#C. The van der Waals surface area contributed by atoms with Gasteiger partial charge in [0.1, 0.15) is 26.1 Å². The van der Waals surface area contributed by atoms with Crippen molar-refractivity contribution in [2.75, 3.05) is 97.6 Å². The number of aromatic nitrogens is 2. The van der Waals surface area contributed by atoms with E-state index in [0.717, 1.165) is 49.1 Å². The molecule has 0 spiro atoms. The third-order valence-corrected chi connectivity index (χ3v) is 12.4. The fraction of sp³-hybridized carbons (Fsp3) is 0.596. The van der Waals surface area contributed by atoms with Crippen LogP contribution in [0.1, 0.15) is 96.8 Å². The van der Waals surface area contributed by atoms with Crippen molar-refractivity contribution in [2.45, 2.75) is 104 Å². The lowest BCUT2D eigenvalue weighted by Crippen LogP contribution is -2.48. The zero-order chi connectivity index (χ0) is 53.9. The van der Waals surface area contributed by atoms with Crippen LogP contribution in [0.25, 0.3) is 22.3 Å². The highest BCUT2D eigenvalue weighted by atomic mass is 127. The number of halogens is 1. The molecule has 0 radical (unpaired) electrons. The summed E-state index contributed by atoms with van der Waals surface area (Å²) in [5.41, 5.74) is 7.73. The number of piperidine rings is 2. The first-order valence-electron chi connectivity index (χ1n) is 25.0. The van der Waals surface area contributed by atoms with Crippen molar-refractivity contribution in [2.24, 2.45) is 5.73 Å². The molecule has 2 fully saturated rings. The topological polar surface area (TPSA) is 229 Å². The van der Waals surface area contributed by atoms with Crippen molar-refractivity contribution in [3.63, 3.8) is 0 Å². The van der Waals surface area contributed by atoms with Crippen LogP contribution < -0.4 is 21.3 Å². The molecule has 398 valence electrons. The maximum atomic E-state index is 13.9. The number of ketones is 1. The van der Waals surface area contributed by atoms with Gasteiger partial charge in [-0.15, -0.1) is 12.8 Å². The Morgan fingerprint density at radius 3 is 2.19 bits per heavy atom. The fourth-order valence-corrected chi connectivity index (χ4v) is 8.85. The van der Waals surface area contributed by atoms with Crippen LogP contribution in [-0.2, 0) is 72.8 Å². The lowest BCUT2D eigenvalue weighted by Gasteiger charge is -2.39. The summed E-state index contributed by atoms with van der Waals surface area (Å²) in [6.45, 7) is 16.1. The quantitative estimate of drug-likeness (QED) is 0.0423. The Bertz CT molecular complexity index is 2380. The molecule has 3 N–H and O–H groups in total. The summed E-state index contributed by atoms with van der Waals surface area (Å²) in [6, 6.07) is 7.71. The average molecular weight is 1120 g/mol. The number of rotatable bonds is 18. The van der Waals surface area contributed by atoms with E-state index in [9.17, 15) is 28.8 Å². The van der Waals surface area contributed by atoms with E-state index in [1.165, 1.54) is 32.6 Å². The third kappa shape index (κ3) is 16.5. The number of ether oxygens (including phenoxy) is 7. The number of aryl methyl sites for hydroxylation is 1. The number of esters is 2. The van der Waals surface area contributed by atoms with E-state index < -0.39 is 24.1 Å². The van der Waals surface area contributed by atoms with Crippen molar-refractivity contribution in [3.8, 4) is 30.0 Å². The standard InChI is InChI=1S/C35H41N5O7.C9H17NO4.C5H12O2.C2H2.CH3I/c1-3-23-24-16-22(46-34(44)39-14-10-21(11-15-39)38-12-6-5-7-13-38)8-9-28(24)37-31-25(23)19-40-29(31)17-27-26(32(40)42)20-45-33(43)35(27,4-2)47-30(41)18-36;1-3-13-4-5-14-7-9(12)10-6-8(2)11;1-3-7-5-4-6-2;2*1-2/h8-9,16-17,21H,3-7,10-15,18-20,36H2,1-2H3;3-7H2,1-2H3,(H,10,12);3-5H2,1-2H3;1-2H;1H3/i;;;1D;. The summed E-state index contributed by atoms with van der Waals surface area (Å²) in [4.78, 5) is 85.2. The molecule has 6 heterocycles. The van der Waals surface area contributed by atoms with E-state index >= 15 is 0 Å². The Hall–Kier alpha value is -5.02. The first-order chi connectivity index (χ1) is 35.3. The number of terminal acetylenes is 1. The summed E-state index contributed by atoms with van der Waals surface area (Å²) in [6.07, 6.45) is 11.9. The largest absolute Gasteiger partial charge is 0.457 e. The van der Waals surface area contributed by atoms with Crippen LogP contribution in [0.15, 0.2) is 29.1 Å². The lowest BCUT2D eigenvalue weighted by molar-refractivity contribution is -0.188. The number of amides is 2. The molecule has 4 aliphatic rings. The molecule has 1 unspecified atom stereocenters. The predicted octanol–water partition coefficient (Wildman–Crippen LogP) is 5.32. The number of carbonyl (C=O) groups is 5. The summed E-state index contributed by atoms with van der Waals surface area (Å²) in [5.74, 6) is -1.41. The van der Waals surface area contributed by atoms with E-state index in [-0.39, 0.29) is 61.6 Å². The summed E-state index contributed by atoms with van der Waals surface area (Å²) in [7, 11) is 1.67. The number of Topliss-reactive ketones (excluding diaryl/α,β-unsaturated/α-hetero) is 1. The molecule has 7 rings (SSSR count). The number of alkyl halides is 1. The van der Waals surface area contributed by atoms with Crippen molar-refractivity contribution in [3.05, 3.63) is 56.9 Å². The molecule has 4 aliphatic heterocycles. The molecule has 20 heteroatoms. The number of nitrogens with zero attached hydrogens (tertiary/aromatic N) is 4. The van der Waals surface area contributed by atoms with Crippen LogP contribution >= 0.6 is 22.6 Å². The van der Waals surface area contributed by atoms with Gasteiger partial charge in [-0.2, -0.15) is 0 Å². The minimum atomic E-state index is -1.77. The van der Waals surface area contributed by atoms with Gasteiger partial charge in [0.15, 0.2) is 0 Å². The number of hydrogen-bond acceptors (Lipinski definition) is 16. The van der Waals surface area contributed by atoms with Crippen molar-refractivity contribution < 1.29 is 58.5 Å². The van der Waals surface area contributed by atoms with E-state index in [4.69, 9.17) is 45.2 Å².